The Labute approximate surface area is 181 Å². The molecule has 6 nitrogen and oxygen atoms in total. The predicted octanol–water partition coefficient (Wildman–Crippen LogP) is 4.58. The van der Waals surface area contributed by atoms with Crippen LogP contribution in [0.1, 0.15) is 51.8 Å². The molecule has 6 heteroatoms. The fourth-order valence-corrected chi connectivity index (χ4v) is 4.69. The van der Waals surface area contributed by atoms with E-state index in [0.717, 1.165) is 60.3 Å². The molecular weight excluding hydrogens is 386 g/mol. The van der Waals surface area contributed by atoms with Gasteiger partial charge in [-0.2, -0.15) is 0 Å². The van der Waals surface area contributed by atoms with Crippen LogP contribution in [0.25, 0.3) is 10.9 Å². The molecule has 0 atom stereocenters. The van der Waals surface area contributed by atoms with E-state index in [4.69, 9.17) is 4.98 Å². The van der Waals surface area contributed by atoms with Crippen molar-refractivity contribution in [3.8, 4) is 0 Å². The minimum absolute atomic E-state index is 0.125. The van der Waals surface area contributed by atoms with Gasteiger partial charge in [0.1, 0.15) is 12.0 Å². The van der Waals surface area contributed by atoms with Crippen LogP contribution in [-0.4, -0.2) is 32.0 Å². The van der Waals surface area contributed by atoms with Crippen LogP contribution in [0.3, 0.4) is 0 Å². The summed E-state index contributed by atoms with van der Waals surface area (Å²) in [5.74, 6) is 0.740. The van der Waals surface area contributed by atoms with Gasteiger partial charge >= 0.3 is 0 Å². The highest BCUT2D eigenvalue weighted by Crippen LogP contribution is 2.36. The normalized spacial score (nSPS) is 13.6. The number of carbonyl (C=O) groups excluding carboxylic acids is 1. The number of pyridine rings is 1. The number of fused-ring (bicyclic) bond motifs is 2. The largest absolute Gasteiger partial charge is 0.355 e. The number of aromatic amines is 1. The van der Waals surface area contributed by atoms with Crippen LogP contribution in [0.2, 0.25) is 0 Å². The van der Waals surface area contributed by atoms with Gasteiger partial charge in [0.2, 0.25) is 0 Å². The number of H-pyrrole nitrogens is 1. The standard InChI is InChI=1S/C25H27N5O/c1-4-7-20-21-16(2)17(3)27-23(21)24(28-22(20)25(31)30-13-11-26-15-30)29-12-10-18-8-5-6-9-19(18)14-29/h5-6,8-9,11,13,15,27H,4,7,10,12,14H2,1-3H3. The van der Waals surface area contributed by atoms with E-state index in [-0.39, 0.29) is 5.91 Å². The molecule has 1 aliphatic rings. The molecule has 158 valence electrons. The molecule has 0 fully saturated rings. The number of imidazole rings is 1. The van der Waals surface area contributed by atoms with E-state index in [1.807, 2.05) is 0 Å². The summed E-state index contributed by atoms with van der Waals surface area (Å²) in [5, 5.41) is 1.15. The molecule has 31 heavy (non-hydrogen) atoms. The van der Waals surface area contributed by atoms with Gasteiger partial charge in [-0.3, -0.25) is 9.36 Å². The molecule has 0 saturated carbocycles. The molecule has 0 unspecified atom stereocenters. The van der Waals surface area contributed by atoms with Crippen molar-refractivity contribution in [1.29, 1.82) is 0 Å². The zero-order chi connectivity index (χ0) is 21.5. The first-order chi connectivity index (χ1) is 15.1. The Balaban J connectivity index is 1.72. The maximum absolute atomic E-state index is 13.4. The number of benzene rings is 1. The van der Waals surface area contributed by atoms with Gasteiger partial charge in [0, 0.05) is 36.6 Å². The molecule has 0 amide bonds. The lowest BCUT2D eigenvalue weighted by Crippen LogP contribution is -2.32. The second-order valence-corrected chi connectivity index (χ2v) is 8.35. The van der Waals surface area contributed by atoms with Crippen molar-refractivity contribution < 1.29 is 4.79 Å². The molecule has 4 heterocycles. The summed E-state index contributed by atoms with van der Waals surface area (Å²) < 4.78 is 1.53. The topological polar surface area (TPSA) is 66.8 Å². The van der Waals surface area contributed by atoms with Crippen molar-refractivity contribution in [1.82, 2.24) is 19.5 Å². The number of anilines is 1. The zero-order valence-corrected chi connectivity index (χ0v) is 18.3. The van der Waals surface area contributed by atoms with Gasteiger partial charge in [-0.1, -0.05) is 37.6 Å². The third-order valence-electron chi connectivity index (χ3n) is 6.40. The van der Waals surface area contributed by atoms with Crippen LogP contribution in [0.15, 0.2) is 43.0 Å². The summed E-state index contributed by atoms with van der Waals surface area (Å²) in [6.07, 6.45) is 7.59. The molecule has 3 aromatic heterocycles. The third-order valence-corrected chi connectivity index (χ3v) is 6.40. The van der Waals surface area contributed by atoms with Gasteiger partial charge in [-0.05, 0) is 48.9 Å². The Morgan fingerprint density at radius 2 is 2.00 bits per heavy atom. The Kier molecular flexibility index (Phi) is 4.85. The van der Waals surface area contributed by atoms with Gasteiger partial charge < -0.3 is 9.88 Å². The first-order valence-electron chi connectivity index (χ1n) is 10.9. The monoisotopic (exact) mass is 413 g/mol. The summed E-state index contributed by atoms with van der Waals surface area (Å²) in [7, 11) is 0. The summed E-state index contributed by atoms with van der Waals surface area (Å²) in [6.45, 7) is 8.04. The van der Waals surface area contributed by atoms with Crippen LogP contribution in [0.4, 0.5) is 5.82 Å². The van der Waals surface area contributed by atoms with Crippen molar-refractivity contribution in [2.75, 3.05) is 11.4 Å². The van der Waals surface area contributed by atoms with Crippen molar-refractivity contribution in [3.05, 3.63) is 76.6 Å². The summed E-state index contributed by atoms with van der Waals surface area (Å²) in [5.41, 5.74) is 7.64. The molecule has 1 aliphatic heterocycles. The number of hydrogen-bond donors (Lipinski definition) is 1. The second-order valence-electron chi connectivity index (χ2n) is 8.35. The third kappa shape index (κ3) is 3.23. The van der Waals surface area contributed by atoms with E-state index in [0.29, 0.717) is 5.69 Å². The maximum Gasteiger partial charge on any atom is 0.282 e. The van der Waals surface area contributed by atoms with E-state index in [9.17, 15) is 4.79 Å². The Morgan fingerprint density at radius 1 is 1.19 bits per heavy atom. The number of nitrogens with zero attached hydrogens (tertiary/aromatic N) is 4. The zero-order valence-electron chi connectivity index (χ0n) is 18.3. The number of hydrogen-bond acceptors (Lipinski definition) is 4. The van der Waals surface area contributed by atoms with E-state index in [1.165, 1.54) is 21.3 Å². The van der Waals surface area contributed by atoms with Crippen LogP contribution < -0.4 is 4.90 Å². The minimum atomic E-state index is -0.125. The van der Waals surface area contributed by atoms with E-state index >= 15 is 0 Å². The average Bonchev–Trinajstić information content (AvgIpc) is 3.42. The number of carbonyl (C=O) groups is 1. The Bertz CT molecular complexity index is 1270. The highest BCUT2D eigenvalue weighted by atomic mass is 16.2. The van der Waals surface area contributed by atoms with E-state index < -0.39 is 0 Å². The van der Waals surface area contributed by atoms with Crippen LogP contribution in [0, 0.1) is 13.8 Å². The lowest BCUT2D eigenvalue weighted by atomic mass is 9.97. The van der Waals surface area contributed by atoms with Gasteiger partial charge in [0.15, 0.2) is 5.82 Å². The molecule has 5 rings (SSSR count). The highest BCUT2D eigenvalue weighted by molar-refractivity contribution is 6.04. The molecule has 0 saturated heterocycles. The SMILES string of the molecule is CCCc1c(C(=O)n2ccnc2)nc(N2CCc3ccccc3C2)c2[nH]c(C)c(C)c12. The van der Waals surface area contributed by atoms with Crippen molar-refractivity contribution in [2.24, 2.45) is 0 Å². The van der Waals surface area contributed by atoms with Crippen LogP contribution in [0.5, 0.6) is 0 Å². The summed E-state index contributed by atoms with van der Waals surface area (Å²) in [4.78, 5) is 28.4. The quantitative estimate of drug-likeness (QED) is 0.532. The fourth-order valence-electron chi connectivity index (χ4n) is 4.69. The van der Waals surface area contributed by atoms with Gasteiger partial charge in [0.05, 0.1) is 5.52 Å². The lowest BCUT2D eigenvalue weighted by Gasteiger charge is -2.31. The van der Waals surface area contributed by atoms with E-state index in [2.05, 4.69) is 59.9 Å². The van der Waals surface area contributed by atoms with Crippen molar-refractivity contribution in [3.63, 3.8) is 0 Å². The molecule has 0 bridgehead atoms. The predicted molar refractivity (Wildman–Crippen MR) is 123 cm³/mol. The molecule has 1 N–H and O–H groups in total. The van der Waals surface area contributed by atoms with Gasteiger partial charge in [-0.15, -0.1) is 0 Å². The molecule has 0 aliphatic carbocycles. The second kappa shape index (κ2) is 7.69. The van der Waals surface area contributed by atoms with E-state index in [1.54, 1.807) is 18.7 Å². The molecule has 4 aromatic rings. The van der Waals surface area contributed by atoms with Crippen molar-refractivity contribution >= 4 is 22.6 Å². The smallest absolute Gasteiger partial charge is 0.282 e. The first kappa shape index (κ1) is 19.5. The lowest BCUT2D eigenvalue weighted by molar-refractivity contribution is 0.0954. The number of aryl methyl sites for hydroxylation is 3. The first-order valence-corrected chi connectivity index (χ1v) is 10.9. The minimum Gasteiger partial charge on any atom is -0.355 e. The molecule has 0 spiro atoms. The van der Waals surface area contributed by atoms with Crippen molar-refractivity contribution in [2.45, 2.75) is 46.6 Å². The molecule has 1 aromatic carbocycles. The summed E-state index contributed by atoms with van der Waals surface area (Å²) in [6, 6.07) is 8.58. The summed E-state index contributed by atoms with van der Waals surface area (Å²) >= 11 is 0. The Morgan fingerprint density at radius 3 is 2.74 bits per heavy atom. The highest BCUT2D eigenvalue weighted by Gasteiger charge is 2.27. The Hall–Kier alpha value is -3.41. The fraction of sp³-hybridized carbons (Fsp3) is 0.320. The number of rotatable bonds is 4. The average molecular weight is 414 g/mol. The maximum atomic E-state index is 13.4. The molecular formula is C25H27N5O. The van der Waals surface area contributed by atoms with Gasteiger partial charge in [-0.25, -0.2) is 9.97 Å². The van der Waals surface area contributed by atoms with Crippen LogP contribution >= 0.6 is 0 Å². The van der Waals surface area contributed by atoms with Crippen LogP contribution in [-0.2, 0) is 19.4 Å². The molecule has 0 radical (unpaired) electrons. The number of aromatic nitrogens is 4. The number of nitrogens with one attached hydrogen (secondary N) is 1. The van der Waals surface area contributed by atoms with Gasteiger partial charge in [0.25, 0.3) is 5.91 Å².